The van der Waals surface area contributed by atoms with Crippen molar-refractivity contribution in [3.05, 3.63) is 35.6 Å². The third-order valence-corrected chi connectivity index (χ3v) is 3.48. The summed E-state index contributed by atoms with van der Waals surface area (Å²) < 4.78 is 13.1. The van der Waals surface area contributed by atoms with E-state index >= 15 is 0 Å². The number of aliphatic hydroxyl groups is 1. The number of halogens is 2. The van der Waals surface area contributed by atoms with Crippen LogP contribution in [0.4, 0.5) is 4.39 Å². The summed E-state index contributed by atoms with van der Waals surface area (Å²) in [4.78, 5) is 0. The lowest BCUT2D eigenvalue weighted by atomic mass is 10.0. The van der Waals surface area contributed by atoms with Crippen molar-refractivity contribution < 1.29 is 9.50 Å². The molecule has 4 heteroatoms. The van der Waals surface area contributed by atoms with Crippen LogP contribution in [0.2, 0.25) is 0 Å². The molecule has 1 fully saturated rings. The van der Waals surface area contributed by atoms with Crippen LogP contribution in [0.1, 0.15) is 44.3 Å². The highest BCUT2D eigenvalue weighted by Crippen LogP contribution is 2.27. The summed E-state index contributed by atoms with van der Waals surface area (Å²) in [5, 5.41) is 13.6. The highest BCUT2D eigenvalue weighted by molar-refractivity contribution is 5.85. The molecule has 0 aromatic heterocycles. The van der Waals surface area contributed by atoms with Gasteiger partial charge in [0.15, 0.2) is 0 Å². The molecule has 1 aliphatic rings. The first-order chi connectivity index (χ1) is 8.20. The van der Waals surface area contributed by atoms with Crippen LogP contribution in [-0.4, -0.2) is 17.2 Å². The fourth-order valence-electron chi connectivity index (χ4n) is 2.60. The Balaban J connectivity index is 0.00000162. The van der Waals surface area contributed by atoms with E-state index in [1.165, 1.54) is 12.1 Å². The predicted molar refractivity (Wildman–Crippen MR) is 73.5 cm³/mol. The van der Waals surface area contributed by atoms with Crippen LogP contribution in [0.15, 0.2) is 24.3 Å². The number of rotatable bonds is 4. The van der Waals surface area contributed by atoms with Crippen LogP contribution in [0.25, 0.3) is 0 Å². The summed E-state index contributed by atoms with van der Waals surface area (Å²) in [7, 11) is 0. The first kappa shape index (κ1) is 15.4. The third-order valence-electron chi connectivity index (χ3n) is 3.48. The monoisotopic (exact) mass is 273 g/mol. The summed E-state index contributed by atoms with van der Waals surface area (Å²) in [6.07, 6.45) is 3.76. The summed E-state index contributed by atoms with van der Waals surface area (Å²) in [5.41, 5.74) is 0.666. The first-order valence-electron chi connectivity index (χ1n) is 6.40. The fraction of sp³-hybridized carbons (Fsp3) is 0.571. The zero-order valence-corrected chi connectivity index (χ0v) is 11.4. The maximum absolute atomic E-state index is 13.1. The summed E-state index contributed by atoms with van der Waals surface area (Å²) in [6, 6.07) is 6.81. The van der Waals surface area contributed by atoms with Crippen LogP contribution in [0.5, 0.6) is 0 Å². The second-order valence-corrected chi connectivity index (χ2v) is 4.84. The number of hydrogen-bond donors (Lipinski definition) is 2. The van der Waals surface area contributed by atoms with Gasteiger partial charge in [-0.1, -0.05) is 25.5 Å². The molecule has 3 atom stereocenters. The molecular formula is C14H21ClFNO. The van der Waals surface area contributed by atoms with E-state index in [-0.39, 0.29) is 24.3 Å². The Morgan fingerprint density at radius 3 is 2.89 bits per heavy atom. The van der Waals surface area contributed by atoms with Gasteiger partial charge < -0.3 is 10.4 Å². The largest absolute Gasteiger partial charge is 0.387 e. The molecule has 18 heavy (non-hydrogen) atoms. The number of aliphatic hydroxyl groups excluding tert-OH is 1. The molecule has 2 nitrogen and oxygen atoms in total. The van der Waals surface area contributed by atoms with Crippen LogP contribution >= 0.6 is 12.4 Å². The molecule has 102 valence electrons. The van der Waals surface area contributed by atoms with Crippen molar-refractivity contribution in [2.24, 2.45) is 0 Å². The van der Waals surface area contributed by atoms with Crippen molar-refractivity contribution in [2.45, 2.75) is 50.8 Å². The van der Waals surface area contributed by atoms with Gasteiger partial charge in [-0.15, -0.1) is 12.4 Å². The lowest BCUT2D eigenvalue weighted by molar-refractivity contribution is 0.134. The van der Waals surface area contributed by atoms with Crippen molar-refractivity contribution in [2.75, 3.05) is 0 Å². The highest BCUT2D eigenvalue weighted by Gasteiger charge is 2.29. The lowest BCUT2D eigenvalue weighted by Gasteiger charge is -2.20. The van der Waals surface area contributed by atoms with Gasteiger partial charge in [-0.2, -0.15) is 0 Å². The van der Waals surface area contributed by atoms with Gasteiger partial charge in [0.1, 0.15) is 5.82 Å². The summed E-state index contributed by atoms with van der Waals surface area (Å²) >= 11 is 0. The predicted octanol–water partition coefficient (Wildman–Crippen LogP) is 3.20. The van der Waals surface area contributed by atoms with Crippen molar-refractivity contribution in [3.63, 3.8) is 0 Å². The molecule has 1 aliphatic heterocycles. The van der Waals surface area contributed by atoms with E-state index < -0.39 is 6.10 Å². The molecule has 0 bridgehead atoms. The Morgan fingerprint density at radius 2 is 2.22 bits per heavy atom. The minimum absolute atomic E-state index is 0. The molecule has 1 saturated heterocycles. The second kappa shape index (κ2) is 7.07. The van der Waals surface area contributed by atoms with Gasteiger partial charge in [0.25, 0.3) is 0 Å². The minimum Gasteiger partial charge on any atom is -0.387 e. The lowest BCUT2D eigenvalue weighted by Crippen LogP contribution is -2.33. The van der Waals surface area contributed by atoms with Gasteiger partial charge in [-0.05, 0) is 37.0 Å². The van der Waals surface area contributed by atoms with Gasteiger partial charge in [0.2, 0.25) is 0 Å². The molecule has 0 aliphatic carbocycles. The second-order valence-electron chi connectivity index (χ2n) is 4.84. The van der Waals surface area contributed by atoms with Crippen molar-refractivity contribution in [1.82, 2.24) is 5.32 Å². The Kier molecular flexibility index (Phi) is 6.06. The Morgan fingerprint density at radius 1 is 1.44 bits per heavy atom. The average Bonchev–Trinajstić information content (AvgIpc) is 2.77. The molecule has 1 heterocycles. The van der Waals surface area contributed by atoms with E-state index in [0.29, 0.717) is 11.6 Å². The zero-order valence-electron chi connectivity index (χ0n) is 10.6. The van der Waals surface area contributed by atoms with Crippen molar-refractivity contribution in [1.29, 1.82) is 0 Å². The normalized spacial score (nSPS) is 24.6. The van der Waals surface area contributed by atoms with E-state index in [9.17, 15) is 9.50 Å². The van der Waals surface area contributed by atoms with Crippen LogP contribution in [0, 0.1) is 5.82 Å². The van der Waals surface area contributed by atoms with E-state index in [1.807, 2.05) is 0 Å². The summed E-state index contributed by atoms with van der Waals surface area (Å²) in [6.45, 7) is 2.16. The van der Waals surface area contributed by atoms with Gasteiger partial charge in [-0.3, -0.25) is 0 Å². The van der Waals surface area contributed by atoms with Crippen molar-refractivity contribution in [3.8, 4) is 0 Å². The van der Waals surface area contributed by atoms with Gasteiger partial charge in [0.05, 0.1) is 6.10 Å². The van der Waals surface area contributed by atoms with Crippen LogP contribution in [0.3, 0.4) is 0 Å². The molecule has 2 N–H and O–H groups in total. The molecule has 0 spiro atoms. The molecule has 1 aromatic rings. The number of benzene rings is 1. The van der Waals surface area contributed by atoms with Gasteiger partial charge in [0, 0.05) is 12.1 Å². The highest BCUT2D eigenvalue weighted by atomic mass is 35.5. The maximum atomic E-state index is 13.1. The zero-order chi connectivity index (χ0) is 12.3. The Bertz CT molecular complexity index is 375. The fourth-order valence-corrected chi connectivity index (χ4v) is 2.60. The Labute approximate surface area is 114 Å². The SMILES string of the molecule is CCC[C@@H]1CC[C@@H]([C@@H](O)c2cccc(F)c2)N1.Cl. The molecule has 0 radical (unpaired) electrons. The topological polar surface area (TPSA) is 32.3 Å². The number of nitrogens with one attached hydrogen (secondary N) is 1. The van der Waals surface area contributed by atoms with E-state index in [0.717, 1.165) is 25.7 Å². The molecule has 0 saturated carbocycles. The van der Waals surface area contributed by atoms with Crippen LogP contribution in [-0.2, 0) is 0 Å². The van der Waals surface area contributed by atoms with E-state index in [2.05, 4.69) is 12.2 Å². The minimum atomic E-state index is -0.604. The maximum Gasteiger partial charge on any atom is 0.123 e. The van der Waals surface area contributed by atoms with Gasteiger partial charge >= 0.3 is 0 Å². The van der Waals surface area contributed by atoms with E-state index in [4.69, 9.17) is 0 Å². The summed E-state index contributed by atoms with van der Waals surface area (Å²) in [5.74, 6) is -0.287. The molecule has 2 rings (SSSR count). The van der Waals surface area contributed by atoms with Crippen LogP contribution < -0.4 is 5.32 Å². The average molecular weight is 274 g/mol. The first-order valence-corrected chi connectivity index (χ1v) is 6.40. The smallest absolute Gasteiger partial charge is 0.123 e. The Hall–Kier alpha value is -0.640. The number of hydrogen-bond acceptors (Lipinski definition) is 2. The standard InChI is InChI=1S/C14H20FNO.ClH/c1-2-4-12-7-8-13(16-12)14(17)10-5-3-6-11(15)9-10;/h3,5-6,9,12-14,16-17H,2,4,7-8H2,1H3;1H/t12-,13+,14+;/m1./s1. The quantitative estimate of drug-likeness (QED) is 0.883. The molecular weight excluding hydrogens is 253 g/mol. The van der Waals surface area contributed by atoms with Gasteiger partial charge in [-0.25, -0.2) is 4.39 Å². The molecule has 1 aromatic carbocycles. The molecule has 0 amide bonds. The third kappa shape index (κ3) is 3.67. The molecule has 0 unspecified atom stereocenters. The van der Waals surface area contributed by atoms with Crippen molar-refractivity contribution >= 4 is 12.4 Å². The van der Waals surface area contributed by atoms with E-state index in [1.54, 1.807) is 12.1 Å².